The van der Waals surface area contributed by atoms with E-state index in [1.165, 1.54) is 24.3 Å². The zero-order valence-corrected chi connectivity index (χ0v) is 10.2. The van der Waals surface area contributed by atoms with Gasteiger partial charge in [-0.25, -0.2) is 4.39 Å². The Morgan fingerprint density at radius 2 is 1.94 bits per heavy atom. The molecular weight excluding hydrogens is 219 g/mol. The van der Waals surface area contributed by atoms with Gasteiger partial charge < -0.3 is 10.6 Å². The Morgan fingerprint density at radius 1 is 1.29 bits per heavy atom. The number of halogens is 1. The smallest absolute Gasteiger partial charge is 0.253 e. The lowest BCUT2D eigenvalue weighted by atomic mass is 10.2. The summed E-state index contributed by atoms with van der Waals surface area (Å²) in [6, 6.07) is 5.65. The van der Waals surface area contributed by atoms with Gasteiger partial charge in [-0.15, -0.1) is 0 Å². The summed E-state index contributed by atoms with van der Waals surface area (Å²) in [5.74, 6) is -0.378. The van der Waals surface area contributed by atoms with E-state index in [9.17, 15) is 9.18 Å². The Bertz CT molecular complexity index is 351. The van der Waals surface area contributed by atoms with Crippen LogP contribution in [-0.4, -0.2) is 30.4 Å². The second-order valence-electron chi connectivity index (χ2n) is 3.89. The summed E-state index contributed by atoms with van der Waals surface area (Å²) in [5.41, 5.74) is 5.94. The minimum Gasteiger partial charge on any atom is -0.339 e. The van der Waals surface area contributed by atoms with E-state index >= 15 is 0 Å². The van der Waals surface area contributed by atoms with Crippen molar-refractivity contribution in [1.82, 2.24) is 4.90 Å². The van der Waals surface area contributed by atoms with Crippen molar-refractivity contribution in [3.63, 3.8) is 0 Å². The maximum atomic E-state index is 12.7. The molecule has 0 aliphatic carbocycles. The summed E-state index contributed by atoms with van der Waals surface area (Å²) in [5, 5.41) is 0. The molecule has 0 aliphatic heterocycles. The number of unbranched alkanes of at least 4 members (excludes halogenated alkanes) is 1. The van der Waals surface area contributed by atoms with Crippen LogP contribution < -0.4 is 5.73 Å². The van der Waals surface area contributed by atoms with Gasteiger partial charge >= 0.3 is 0 Å². The second kappa shape index (κ2) is 7.01. The second-order valence-corrected chi connectivity index (χ2v) is 3.89. The van der Waals surface area contributed by atoms with Gasteiger partial charge in [0.25, 0.3) is 5.91 Å². The molecule has 0 unspecified atom stereocenters. The third kappa shape index (κ3) is 4.15. The van der Waals surface area contributed by atoms with Crippen LogP contribution in [0.4, 0.5) is 4.39 Å². The average molecular weight is 238 g/mol. The number of benzene rings is 1. The topological polar surface area (TPSA) is 46.3 Å². The van der Waals surface area contributed by atoms with Crippen LogP contribution in [0.25, 0.3) is 0 Å². The van der Waals surface area contributed by atoms with E-state index in [0.29, 0.717) is 25.2 Å². The first kappa shape index (κ1) is 13.6. The number of carbonyl (C=O) groups is 1. The molecule has 0 saturated carbocycles. The molecule has 0 fully saturated rings. The van der Waals surface area contributed by atoms with Gasteiger partial charge in [0.15, 0.2) is 0 Å². The molecule has 0 aliphatic rings. The number of carbonyl (C=O) groups excluding carboxylic acids is 1. The molecule has 17 heavy (non-hydrogen) atoms. The highest BCUT2D eigenvalue weighted by molar-refractivity contribution is 5.94. The quantitative estimate of drug-likeness (QED) is 0.771. The molecule has 4 heteroatoms. The first-order valence-corrected chi connectivity index (χ1v) is 5.94. The van der Waals surface area contributed by atoms with Gasteiger partial charge in [-0.3, -0.25) is 4.79 Å². The fourth-order valence-electron chi connectivity index (χ4n) is 1.63. The molecule has 94 valence electrons. The lowest BCUT2D eigenvalue weighted by Crippen LogP contribution is -2.32. The fraction of sp³-hybridized carbons (Fsp3) is 0.462. The van der Waals surface area contributed by atoms with E-state index in [1.54, 1.807) is 4.90 Å². The molecule has 2 N–H and O–H groups in total. The molecule has 1 aromatic carbocycles. The Kier molecular flexibility index (Phi) is 5.63. The van der Waals surface area contributed by atoms with Crippen LogP contribution in [0, 0.1) is 5.82 Å². The molecule has 0 atom stereocenters. The lowest BCUT2D eigenvalue weighted by molar-refractivity contribution is 0.0762. The number of nitrogens with zero attached hydrogens (tertiary/aromatic N) is 1. The van der Waals surface area contributed by atoms with Gasteiger partial charge in [-0.05, 0) is 50.6 Å². The highest BCUT2D eigenvalue weighted by atomic mass is 19.1. The molecule has 1 rings (SSSR count). The summed E-state index contributed by atoms with van der Waals surface area (Å²) in [6.45, 7) is 3.93. The van der Waals surface area contributed by atoms with Crippen LogP contribution in [0.3, 0.4) is 0 Å². The summed E-state index contributed by atoms with van der Waals surface area (Å²) in [7, 11) is 0. The van der Waals surface area contributed by atoms with Crippen molar-refractivity contribution in [3.05, 3.63) is 35.6 Å². The molecule has 0 radical (unpaired) electrons. The van der Waals surface area contributed by atoms with E-state index in [1.807, 2.05) is 6.92 Å². The van der Waals surface area contributed by atoms with Gasteiger partial charge in [-0.2, -0.15) is 0 Å². The Labute approximate surface area is 101 Å². The Hall–Kier alpha value is -1.42. The highest BCUT2D eigenvalue weighted by Crippen LogP contribution is 2.07. The first-order chi connectivity index (χ1) is 8.19. The molecule has 1 aromatic rings. The van der Waals surface area contributed by atoms with Crippen LogP contribution in [0.2, 0.25) is 0 Å². The fourth-order valence-corrected chi connectivity index (χ4v) is 1.63. The van der Waals surface area contributed by atoms with Gasteiger partial charge in [0.05, 0.1) is 0 Å². The van der Waals surface area contributed by atoms with Crippen LogP contribution in [0.1, 0.15) is 30.1 Å². The first-order valence-electron chi connectivity index (χ1n) is 5.94. The molecular formula is C13H19FN2O. The van der Waals surface area contributed by atoms with Crippen molar-refractivity contribution in [3.8, 4) is 0 Å². The molecule has 0 saturated heterocycles. The third-order valence-electron chi connectivity index (χ3n) is 2.64. The zero-order chi connectivity index (χ0) is 12.7. The van der Waals surface area contributed by atoms with Gasteiger partial charge in [0.1, 0.15) is 5.82 Å². The highest BCUT2D eigenvalue weighted by Gasteiger charge is 2.13. The van der Waals surface area contributed by atoms with Crippen molar-refractivity contribution >= 4 is 5.91 Å². The summed E-state index contributed by atoms with van der Waals surface area (Å²) in [6.07, 6.45) is 1.81. The molecule has 3 nitrogen and oxygen atoms in total. The molecule has 1 amide bonds. The molecule has 0 spiro atoms. The average Bonchev–Trinajstić information content (AvgIpc) is 2.35. The van der Waals surface area contributed by atoms with Gasteiger partial charge in [0, 0.05) is 18.7 Å². The minimum atomic E-state index is -0.326. The number of hydrogen-bond donors (Lipinski definition) is 1. The molecule has 0 heterocycles. The Morgan fingerprint density at radius 3 is 2.47 bits per heavy atom. The van der Waals surface area contributed by atoms with Crippen LogP contribution in [-0.2, 0) is 0 Å². The van der Waals surface area contributed by atoms with Crippen molar-refractivity contribution in [2.24, 2.45) is 5.73 Å². The SMILES string of the molecule is CCN(CCCCN)C(=O)c1ccc(F)cc1. The predicted octanol–water partition coefficient (Wildman–Crippen LogP) is 2.03. The van der Waals surface area contributed by atoms with E-state index in [2.05, 4.69) is 0 Å². The maximum Gasteiger partial charge on any atom is 0.253 e. The van der Waals surface area contributed by atoms with Crippen molar-refractivity contribution in [1.29, 1.82) is 0 Å². The van der Waals surface area contributed by atoms with E-state index in [-0.39, 0.29) is 11.7 Å². The standard InChI is InChI=1S/C13H19FN2O/c1-2-16(10-4-3-9-15)13(17)11-5-7-12(14)8-6-11/h5-8H,2-4,9-10,15H2,1H3. The lowest BCUT2D eigenvalue weighted by Gasteiger charge is -2.20. The van der Waals surface area contributed by atoms with E-state index < -0.39 is 0 Å². The maximum absolute atomic E-state index is 12.7. The summed E-state index contributed by atoms with van der Waals surface area (Å²) >= 11 is 0. The number of hydrogen-bond acceptors (Lipinski definition) is 2. The van der Waals surface area contributed by atoms with Gasteiger partial charge in [0.2, 0.25) is 0 Å². The Balaban J connectivity index is 2.62. The number of nitrogens with two attached hydrogens (primary N) is 1. The zero-order valence-electron chi connectivity index (χ0n) is 10.2. The minimum absolute atomic E-state index is 0.0514. The van der Waals surface area contributed by atoms with Crippen molar-refractivity contribution in [2.45, 2.75) is 19.8 Å². The monoisotopic (exact) mass is 238 g/mol. The predicted molar refractivity (Wildman–Crippen MR) is 66.3 cm³/mol. The number of amides is 1. The van der Waals surface area contributed by atoms with Crippen LogP contribution >= 0.6 is 0 Å². The summed E-state index contributed by atoms with van der Waals surface area (Å²) < 4.78 is 12.7. The van der Waals surface area contributed by atoms with Gasteiger partial charge in [-0.1, -0.05) is 0 Å². The largest absolute Gasteiger partial charge is 0.339 e. The summed E-state index contributed by atoms with van der Waals surface area (Å²) in [4.78, 5) is 13.8. The van der Waals surface area contributed by atoms with Crippen LogP contribution in [0.5, 0.6) is 0 Å². The number of rotatable bonds is 6. The van der Waals surface area contributed by atoms with Crippen LogP contribution in [0.15, 0.2) is 24.3 Å². The normalized spacial score (nSPS) is 10.3. The molecule has 0 aromatic heterocycles. The van der Waals surface area contributed by atoms with E-state index in [0.717, 1.165) is 12.8 Å². The molecule has 0 bridgehead atoms. The third-order valence-corrected chi connectivity index (χ3v) is 2.64. The van der Waals surface area contributed by atoms with Crippen molar-refractivity contribution in [2.75, 3.05) is 19.6 Å². The van der Waals surface area contributed by atoms with Crippen molar-refractivity contribution < 1.29 is 9.18 Å². The van der Waals surface area contributed by atoms with E-state index in [4.69, 9.17) is 5.73 Å².